The van der Waals surface area contributed by atoms with Crippen LogP contribution in [0, 0.1) is 11.8 Å². The smallest absolute Gasteiger partial charge is 0.00218 e. The van der Waals surface area contributed by atoms with E-state index < -0.39 is 0 Å². The van der Waals surface area contributed by atoms with Crippen LogP contribution in [0.25, 0.3) is 0 Å². The minimum Gasteiger partial charge on any atom is -0.316 e. The van der Waals surface area contributed by atoms with E-state index in [-0.39, 0.29) is 0 Å². The Bertz CT molecular complexity index is 362. The van der Waals surface area contributed by atoms with Crippen molar-refractivity contribution in [3.05, 3.63) is 35.9 Å². The van der Waals surface area contributed by atoms with Crippen LogP contribution in [0.3, 0.4) is 0 Å². The summed E-state index contributed by atoms with van der Waals surface area (Å²) in [6, 6.07) is 10.9. The summed E-state index contributed by atoms with van der Waals surface area (Å²) < 4.78 is 0. The Morgan fingerprint density at radius 1 is 1.00 bits per heavy atom. The maximum absolute atomic E-state index is 3.51. The van der Waals surface area contributed by atoms with Gasteiger partial charge in [-0.3, -0.25) is 0 Å². The zero-order valence-electron chi connectivity index (χ0n) is 11.9. The lowest BCUT2D eigenvalue weighted by Crippen LogP contribution is -2.37. The summed E-state index contributed by atoms with van der Waals surface area (Å²) in [6.07, 6.45) is 5.45. The minimum atomic E-state index is 0.969. The van der Waals surface area contributed by atoms with Crippen LogP contribution in [0.2, 0.25) is 0 Å². The number of nitrogens with zero attached hydrogens (tertiary/aromatic N) is 1. The second-order valence-corrected chi connectivity index (χ2v) is 6.17. The van der Waals surface area contributed by atoms with Crippen molar-refractivity contribution in [2.45, 2.75) is 25.7 Å². The van der Waals surface area contributed by atoms with Crippen LogP contribution in [0.1, 0.15) is 24.8 Å². The van der Waals surface area contributed by atoms with Crippen LogP contribution in [0.5, 0.6) is 0 Å². The van der Waals surface area contributed by atoms with Crippen molar-refractivity contribution in [2.75, 3.05) is 32.7 Å². The molecule has 104 valence electrons. The fourth-order valence-corrected chi connectivity index (χ4v) is 3.66. The molecule has 0 aliphatic carbocycles. The zero-order chi connectivity index (χ0) is 12.9. The SMILES string of the molecule is c1ccc(CCN2CCC([C@@H]3CCNC3)CC2)cc1. The van der Waals surface area contributed by atoms with Crippen LogP contribution >= 0.6 is 0 Å². The van der Waals surface area contributed by atoms with E-state index >= 15 is 0 Å². The molecular weight excluding hydrogens is 232 g/mol. The highest BCUT2D eigenvalue weighted by Crippen LogP contribution is 2.28. The Labute approximate surface area is 117 Å². The van der Waals surface area contributed by atoms with Gasteiger partial charge in [-0.2, -0.15) is 0 Å². The van der Waals surface area contributed by atoms with E-state index in [1.54, 1.807) is 0 Å². The number of piperidine rings is 1. The Balaban J connectivity index is 1.40. The van der Waals surface area contributed by atoms with E-state index in [1.807, 2.05) is 0 Å². The summed E-state index contributed by atoms with van der Waals surface area (Å²) in [5.74, 6) is 1.96. The first-order valence-corrected chi connectivity index (χ1v) is 7.89. The molecular formula is C17H26N2. The third-order valence-electron chi connectivity index (χ3n) is 4.96. The highest BCUT2D eigenvalue weighted by Gasteiger charge is 2.28. The highest BCUT2D eigenvalue weighted by atomic mass is 15.1. The van der Waals surface area contributed by atoms with Gasteiger partial charge in [-0.15, -0.1) is 0 Å². The van der Waals surface area contributed by atoms with Gasteiger partial charge in [-0.1, -0.05) is 30.3 Å². The summed E-state index contributed by atoms with van der Waals surface area (Å²) >= 11 is 0. The van der Waals surface area contributed by atoms with Crippen LogP contribution < -0.4 is 5.32 Å². The lowest BCUT2D eigenvalue weighted by molar-refractivity contribution is 0.154. The molecule has 2 heterocycles. The first-order chi connectivity index (χ1) is 9.42. The van der Waals surface area contributed by atoms with Gasteiger partial charge in [0, 0.05) is 6.54 Å². The van der Waals surface area contributed by atoms with Gasteiger partial charge in [0.2, 0.25) is 0 Å². The molecule has 2 heteroatoms. The van der Waals surface area contributed by atoms with Crippen molar-refractivity contribution in [2.24, 2.45) is 11.8 Å². The van der Waals surface area contributed by atoms with Crippen LogP contribution in [-0.4, -0.2) is 37.6 Å². The van der Waals surface area contributed by atoms with E-state index in [4.69, 9.17) is 0 Å². The quantitative estimate of drug-likeness (QED) is 0.893. The van der Waals surface area contributed by atoms with E-state index in [1.165, 1.54) is 64.0 Å². The number of benzene rings is 1. The molecule has 1 aromatic rings. The van der Waals surface area contributed by atoms with Crippen molar-refractivity contribution >= 4 is 0 Å². The minimum absolute atomic E-state index is 0.969. The predicted molar refractivity (Wildman–Crippen MR) is 80.3 cm³/mol. The molecule has 2 saturated heterocycles. The van der Waals surface area contributed by atoms with E-state index in [2.05, 4.69) is 40.5 Å². The molecule has 0 amide bonds. The van der Waals surface area contributed by atoms with Gasteiger partial charge >= 0.3 is 0 Å². The highest BCUT2D eigenvalue weighted by molar-refractivity contribution is 5.14. The number of nitrogens with one attached hydrogen (secondary N) is 1. The molecule has 2 aliphatic rings. The number of rotatable bonds is 4. The summed E-state index contributed by atoms with van der Waals surface area (Å²) in [6.45, 7) is 6.38. The topological polar surface area (TPSA) is 15.3 Å². The number of likely N-dealkylation sites (tertiary alicyclic amines) is 1. The third-order valence-corrected chi connectivity index (χ3v) is 4.96. The Hall–Kier alpha value is -0.860. The molecule has 0 saturated carbocycles. The molecule has 2 nitrogen and oxygen atoms in total. The van der Waals surface area contributed by atoms with Crippen LogP contribution in [0.4, 0.5) is 0 Å². The Morgan fingerprint density at radius 3 is 2.47 bits per heavy atom. The van der Waals surface area contributed by atoms with E-state index in [9.17, 15) is 0 Å². The van der Waals surface area contributed by atoms with Gasteiger partial charge in [0.1, 0.15) is 0 Å². The van der Waals surface area contributed by atoms with E-state index in [0.717, 1.165) is 11.8 Å². The molecule has 2 fully saturated rings. The van der Waals surface area contributed by atoms with Gasteiger partial charge in [0.25, 0.3) is 0 Å². The van der Waals surface area contributed by atoms with E-state index in [0.29, 0.717) is 0 Å². The zero-order valence-corrected chi connectivity index (χ0v) is 11.9. The van der Waals surface area contributed by atoms with Crippen molar-refractivity contribution < 1.29 is 0 Å². The molecule has 0 spiro atoms. The molecule has 0 unspecified atom stereocenters. The maximum Gasteiger partial charge on any atom is 0.00218 e. The van der Waals surface area contributed by atoms with Gasteiger partial charge in [0.05, 0.1) is 0 Å². The number of hydrogen-bond donors (Lipinski definition) is 1. The Morgan fingerprint density at radius 2 is 1.79 bits per heavy atom. The molecule has 0 bridgehead atoms. The number of hydrogen-bond acceptors (Lipinski definition) is 2. The second-order valence-electron chi connectivity index (χ2n) is 6.17. The van der Waals surface area contributed by atoms with Gasteiger partial charge in [-0.25, -0.2) is 0 Å². The first-order valence-electron chi connectivity index (χ1n) is 7.89. The van der Waals surface area contributed by atoms with Gasteiger partial charge < -0.3 is 10.2 Å². The summed E-state index contributed by atoms with van der Waals surface area (Å²) in [5, 5.41) is 3.51. The average molecular weight is 258 g/mol. The lowest BCUT2D eigenvalue weighted by Gasteiger charge is -2.34. The molecule has 19 heavy (non-hydrogen) atoms. The molecule has 1 aromatic carbocycles. The molecule has 2 aliphatic heterocycles. The molecule has 1 atom stereocenters. The largest absolute Gasteiger partial charge is 0.316 e. The summed E-state index contributed by atoms with van der Waals surface area (Å²) in [4.78, 5) is 2.66. The van der Waals surface area contributed by atoms with Crippen LogP contribution in [-0.2, 0) is 6.42 Å². The maximum atomic E-state index is 3.51. The van der Waals surface area contributed by atoms with Crippen molar-refractivity contribution in [3.8, 4) is 0 Å². The standard InChI is InChI=1S/C17H26N2/c1-2-4-15(5-3-1)7-11-19-12-8-16(9-13-19)17-6-10-18-14-17/h1-5,16-18H,6-14H2/t17-/m1/s1. The summed E-state index contributed by atoms with van der Waals surface area (Å²) in [7, 11) is 0. The van der Waals surface area contributed by atoms with Gasteiger partial charge in [-0.05, 0) is 69.3 Å². The average Bonchev–Trinajstić information content (AvgIpc) is 3.01. The predicted octanol–water partition coefficient (Wildman–Crippen LogP) is 2.55. The normalized spacial score (nSPS) is 25.8. The Kier molecular flexibility index (Phi) is 4.52. The molecule has 0 radical (unpaired) electrons. The fourth-order valence-electron chi connectivity index (χ4n) is 3.66. The molecule has 1 N–H and O–H groups in total. The van der Waals surface area contributed by atoms with Crippen molar-refractivity contribution in [1.82, 2.24) is 10.2 Å². The first kappa shape index (κ1) is 13.1. The van der Waals surface area contributed by atoms with Gasteiger partial charge in [0.15, 0.2) is 0 Å². The second kappa shape index (κ2) is 6.53. The fraction of sp³-hybridized carbons (Fsp3) is 0.647. The monoisotopic (exact) mass is 258 g/mol. The van der Waals surface area contributed by atoms with Crippen molar-refractivity contribution in [3.63, 3.8) is 0 Å². The van der Waals surface area contributed by atoms with Crippen molar-refractivity contribution in [1.29, 1.82) is 0 Å². The third kappa shape index (κ3) is 3.58. The lowest BCUT2D eigenvalue weighted by atomic mass is 9.84. The summed E-state index contributed by atoms with van der Waals surface area (Å²) in [5.41, 5.74) is 1.48. The molecule has 0 aromatic heterocycles. The van der Waals surface area contributed by atoms with Crippen LogP contribution in [0.15, 0.2) is 30.3 Å². The molecule has 3 rings (SSSR count).